The molecule has 1 nitrogen and oxygen atoms in total. The summed E-state index contributed by atoms with van der Waals surface area (Å²) in [5, 5.41) is 8.70. The first-order valence-electron chi connectivity index (χ1n) is 4.05. The maximum atomic E-state index is 8.70. The summed E-state index contributed by atoms with van der Waals surface area (Å²) in [6.07, 6.45) is 1.84. The minimum atomic E-state index is 0.651. The van der Waals surface area contributed by atoms with Gasteiger partial charge < -0.3 is 0 Å². The average Bonchev–Trinajstić information content (AvgIpc) is 2.14. The number of thiol groups is 1. The van der Waals surface area contributed by atoms with E-state index < -0.39 is 0 Å². The van der Waals surface area contributed by atoms with Crippen LogP contribution in [0.25, 0.3) is 0 Å². The highest BCUT2D eigenvalue weighted by Gasteiger charge is 1.98. The fourth-order valence-corrected chi connectivity index (χ4v) is 1.59. The highest BCUT2D eigenvalue weighted by molar-refractivity contribution is 7.80. The van der Waals surface area contributed by atoms with Gasteiger partial charge >= 0.3 is 0 Å². The lowest BCUT2D eigenvalue weighted by Crippen LogP contribution is -1.88. The molecule has 13 heavy (non-hydrogen) atoms. The third-order valence-corrected chi connectivity index (χ3v) is 2.23. The van der Waals surface area contributed by atoms with Gasteiger partial charge in [-0.15, -0.1) is 24.2 Å². The number of benzene rings is 1. The molecule has 1 aromatic carbocycles. The van der Waals surface area contributed by atoms with Gasteiger partial charge in [0.1, 0.15) is 0 Å². The quantitative estimate of drug-likeness (QED) is 0.603. The van der Waals surface area contributed by atoms with Gasteiger partial charge in [-0.3, -0.25) is 0 Å². The third-order valence-electron chi connectivity index (χ3n) is 1.71. The van der Waals surface area contributed by atoms with Crippen molar-refractivity contribution in [3.8, 4) is 6.07 Å². The number of aryl methyl sites for hydroxylation is 1. The largest absolute Gasteiger partial charge is 0.192 e. The SMILES string of the molecule is N#Cc1cc(S)cc(CCCCl)c1. The summed E-state index contributed by atoms with van der Waals surface area (Å²) in [7, 11) is 0. The molecule has 0 N–H and O–H groups in total. The Labute approximate surface area is 88.7 Å². The van der Waals surface area contributed by atoms with Crippen LogP contribution in [0.2, 0.25) is 0 Å². The van der Waals surface area contributed by atoms with E-state index in [4.69, 9.17) is 16.9 Å². The molecule has 0 unspecified atom stereocenters. The van der Waals surface area contributed by atoms with Crippen LogP contribution in [0.15, 0.2) is 23.1 Å². The molecule has 0 aliphatic carbocycles. The van der Waals surface area contributed by atoms with Gasteiger partial charge in [0.15, 0.2) is 0 Å². The first kappa shape index (κ1) is 10.4. The Hall–Kier alpha value is -0.650. The van der Waals surface area contributed by atoms with Gasteiger partial charge in [0, 0.05) is 10.8 Å². The minimum Gasteiger partial charge on any atom is -0.192 e. The lowest BCUT2D eigenvalue weighted by Gasteiger charge is -2.01. The van der Waals surface area contributed by atoms with Crippen molar-refractivity contribution >= 4 is 24.2 Å². The zero-order chi connectivity index (χ0) is 9.68. The molecular formula is C10H10ClNS. The summed E-state index contributed by atoms with van der Waals surface area (Å²) in [6.45, 7) is 0. The molecular weight excluding hydrogens is 202 g/mol. The second kappa shape index (κ2) is 5.16. The van der Waals surface area contributed by atoms with Crippen molar-refractivity contribution in [3.05, 3.63) is 29.3 Å². The van der Waals surface area contributed by atoms with Crippen molar-refractivity contribution in [2.24, 2.45) is 0 Å². The van der Waals surface area contributed by atoms with Crippen LogP contribution in [0.5, 0.6) is 0 Å². The first-order valence-corrected chi connectivity index (χ1v) is 5.03. The summed E-state index contributed by atoms with van der Waals surface area (Å²) in [5.41, 5.74) is 1.79. The van der Waals surface area contributed by atoms with Crippen LogP contribution in [0, 0.1) is 11.3 Å². The predicted molar refractivity (Wildman–Crippen MR) is 57.5 cm³/mol. The van der Waals surface area contributed by atoms with Crippen molar-refractivity contribution in [1.29, 1.82) is 5.26 Å². The Bertz CT molecular complexity index is 330. The molecule has 3 heteroatoms. The molecule has 1 aromatic rings. The van der Waals surface area contributed by atoms with Gasteiger partial charge in [-0.2, -0.15) is 5.26 Å². The highest BCUT2D eigenvalue weighted by Crippen LogP contribution is 2.14. The van der Waals surface area contributed by atoms with Crippen LogP contribution < -0.4 is 0 Å². The molecule has 0 bridgehead atoms. The van der Waals surface area contributed by atoms with Crippen molar-refractivity contribution < 1.29 is 0 Å². The number of hydrogen-bond donors (Lipinski definition) is 1. The van der Waals surface area contributed by atoms with Gasteiger partial charge in [-0.25, -0.2) is 0 Å². The predicted octanol–water partition coefficient (Wildman–Crippen LogP) is 3.02. The normalized spacial score (nSPS) is 9.62. The van der Waals surface area contributed by atoms with Gasteiger partial charge in [0.25, 0.3) is 0 Å². The van der Waals surface area contributed by atoms with E-state index in [1.807, 2.05) is 12.1 Å². The van der Waals surface area contributed by atoms with Crippen LogP contribution in [-0.2, 0) is 6.42 Å². The van der Waals surface area contributed by atoms with E-state index in [0.717, 1.165) is 23.3 Å². The number of alkyl halides is 1. The van der Waals surface area contributed by atoms with Crippen LogP contribution in [0.4, 0.5) is 0 Å². The molecule has 0 radical (unpaired) electrons. The van der Waals surface area contributed by atoms with E-state index in [9.17, 15) is 0 Å². The molecule has 0 amide bonds. The van der Waals surface area contributed by atoms with Crippen molar-refractivity contribution in [3.63, 3.8) is 0 Å². The maximum absolute atomic E-state index is 8.70. The molecule has 0 heterocycles. The Morgan fingerprint density at radius 2 is 2.15 bits per heavy atom. The molecule has 0 saturated carbocycles. The molecule has 68 valence electrons. The van der Waals surface area contributed by atoms with E-state index in [2.05, 4.69) is 18.7 Å². The zero-order valence-corrected chi connectivity index (χ0v) is 8.78. The number of halogens is 1. The lowest BCUT2D eigenvalue weighted by molar-refractivity contribution is 0.924. The summed E-state index contributed by atoms with van der Waals surface area (Å²) < 4.78 is 0. The fraction of sp³-hybridized carbons (Fsp3) is 0.300. The Morgan fingerprint density at radius 3 is 2.77 bits per heavy atom. The number of rotatable bonds is 3. The molecule has 1 rings (SSSR count). The molecule has 0 atom stereocenters. The number of hydrogen-bond acceptors (Lipinski definition) is 2. The van der Waals surface area contributed by atoms with E-state index in [1.165, 1.54) is 0 Å². The third kappa shape index (κ3) is 3.30. The Morgan fingerprint density at radius 1 is 1.38 bits per heavy atom. The molecule has 0 fully saturated rings. The first-order chi connectivity index (χ1) is 6.26. The molecule has 0 saturated heterocycles. The fourth-order valence-electron chi connectivity index (χ4n) is 1.15. The smallest absolute Gasteiger partial charge is 0.0992 e. The van der Waals surface area contributed by atoms with E-state index in [1.54, 1.807) is 6.07 Å². The van der Waals surface area contributed by atoms with Crippen LogP contribution >= 0.6 is 24.2 Å². The van der Waals surface area contributed by atoms with Gasteiger partial charge in [0.2, 0.25) is 0 Å². The molecule has 0 spiro atoms. The van der Waals surface area contributed by atoms with Crippen molar-refractivity contribution in [1.82, 2.24) is 0 Å². The maximum Gasteiger partial charge on any atom is 0.0992 e. The summed E-state index contributed by atoms with van der Waals surface area (Å²) in [5.74, 6) is 0.651. The molecule has 0 aliphatic rings. The molecule has 0 aliphatic heterocycles. The van der Waals surface area contributed by atoms with Crippen LogP contribution in [0.3, 0.4) is 0 Å². The van der Waals surface area contributed by atoms with Gasteiger partial charge in [-0.05, 0) is 36.6 Å². The standard InChI is InChI=1S/C10H10ClNS/c11-3-1-2-8-4-9(7-12)6-10(13)5-8/h4-6,13H,1-3H2. The highest BCUT2D eigenvalue weighted by atomic mass is 35.5. The topological polar surface area (TPSA) is 23.8 Å². The zero-order valence-electron chi connectivity index (χ0n) is 7.13. The average molecular weight is 212 g/mol. The second-order valence-corrected chi connectivity index (χ2v) is 3.69. The Balaban J connectivity index is 2.83. The summed E-state index contributed by atoms with van der Waals surface area (Å²) >= 11 is 9.80. The number of nitriles is 1. The monoisotopic (exact) mass is 211 g/mol. The van der Waals surface area contributed by atoms with E-state index >= 15 is 0 Å². The van der Waals surface area contributed by atoms with E-state index in [0.29, 0.717) is 11.4 Å². The number of nitrogens with zero attached hydrogens (tertiary/aromatic N) is 1. The summed E-state index contributed by atoms with van der Waals surface area (Å²) in [4.78, 5) is 0.837. The second-order valence-electron chi connectivity index (χ2n) is 2.79. The molecule has 0 aromatic heterocycles. The van der Waals surface area contributed by atoms with Crippen molar-refractivity contribution in [2.45, 2.75) is 17.7 Å². The van der Waals surface area contributed by atoms with Crippen LogP contribution in [0.1, 0.15) is 17.5 Å². The summed E-state index contributed by atoms with van der Waals surface area (Å²) in [6, 6.07) is 7.71. The van der Waals surface area contributed by atoms with E-state index in [-0.39, 0.29) is 0 Å². The lowest BCUT2D eigenvalue weighted by atomic mass is 10.1. The van der Waals surface area contributed by atoms with Crippen molar-refractivity contribution in [2.75, 3.05) is 5.88 Å². The minimum absolute atomic E-state index is 0.651. The Kier molecular flexibility index (Phi) is 4.14. The van der Waals surface area contributed by atoms with Gasteiger partial charge in [0.05, 0.1) is 11.6 Å². The van der Waals surface area contributed by atoms with Crippen LogP contribution in [-0.4, -0.2) is 5.88 Å². The van der Waals surface area contributed by atoms with Gasteiger partial charge in [-0.1, -0.05) is 0 Å².